The first-order valence-corrected chi connectivity index (χ1v) is 6.06. The molecule has 96 valence electrons. The van der Waals surface area contributed by atoms with E-state index < -0.39 is 0 Å². The highest BCUT2D eigenvalue weighted by Crippen LogP contribution is 2.09. The molecular weight excluding hydrogens is 242 g/mol. The van der Waals surface area contributed by atoms with Crippen molar-refractivity contribution in [1.82, 2.24) is 14.5 Å². The molecule has 0 aliphatic carbocycles. The fraction of sp³-hybridized carbons (Fsp3) is 0.143. The first kappa shape index (κ1) is 11.5. The van der Waals surface area contributed by atoms with E-state index in [9.17, 15) is 4.79 Å². The predicted octanol–water partition coefficient (Wildman–Crippen LogP) is 1.80. The van der Waals surface area contributed by atoms with Crippen LogP contribution in [0.5, 0.6) is 5.75 Å². The molecule has 0 atom stereocenters. The Morgan fingerprint density at radius 2 is 2.00 bits per heavy atom. The minimum Gasteiger partial charge on any atom is -0.492 e. The summed E-state index contributed by atoms with van der Waals surface area (Å²) in [6, 6.07) is 13.2. The molecule has 0 bridgehead atoms. The van der Waals surface area contributed by atoms with Crippen LogP contribution in [0.3, 0.4) is 0 Å². The largest absolute Gasteiger partial charge is 0.492 e. The van der Waals surface area contributed by atoms with E-state index in [4.69, 9.17) is 4.74 Å². The lowest BCUT2D eigenvalue weighted by Gasteiger charge is -2.06. The monoisotopic (exact) mass is 255 g/mol. The number of para-hydroxylation sites is 1. The molecule has 0 radical (unpaired) electrons. The number of fused-ring (bicyclic) bond motifs is 1. The zero-order valence-corrected chi connectivity index (χ0v) is 10.2. The number of aromatic amines is 1. The van der Waals surface area contributed by atoms with Crippen LogP contribution in [-0.2, 0) is 6.54 Å². The number of ether oxygens (including phenoxy) is 1. The summed E-state index contributed by atoms with van der Waals surface area (Å²) >= 11 is 0. The molecular formula is C14H13N3O2. The van der Waals surface area contributed by atoms with Crippen LogP contribution in [0.4, 0.5) is 0 Å². The smallest absolute Gasteiger partial charge is 0.327 e. The molecule has 0 spiro atoms. The number of aromatic nitrogens is 3. The molecule has 0 aliphatic heterocycles. The molecule has 2 heterocycles. The van der Waals surface area contributed by atoms with Gasteiger partial charge in [0, 0.05) is 6.20 Å². The van der Waals surface area contributed by atoms with Crippen LogP contribution >= 0.6 is 0 Å². The molecule has 0 amide bonds. The average Bonchev–Trinajstić information content (AvgIpc) is 2.76. The highest BCUT2D eigenvalue weighted by Gasteiger charge is 2.06. The quantitative estimate of drug-likeness (QED) is 0.773. The second-order valence-electron chi connectivity index (χ2n) is 4.12. The summed E-state index contributed by atoms with van der Waals surface area (Å²) in [5.74, 6) is 0.795. The Morgan fingerprint density at radius 1 is 1.16 bits per heavy atom. The number of H-pyrrole nitrogens is 1. The Morgan fingerprint density at radius 3 is 2.84 bits per heavy atom. The summed E-state index contributed by atoms with van der Waals surface area (Å²) in [4.78, 5) is 18.8. The van der Waals surface area contributed by atoms with Crippen molar-refractivity contribution in [2.45, 2.75) is 6.54 Å². The van der Waals surface area contributed by atoms with Gasteiger partial charge >= 0.3 is 5.69 Å². The fourth-order valence-electron chi connectivity index (χ4n) is 1.97. The standard InChI is InChI=1S/C14H13N3O2/c18-14-16-12-7-4-8-15-13(12)17(14)9-10-19-11-5-2-1-3-6-11/h1-8H,9-10H2,(H,16,18). The van der Waals surface area contributed by atoms with E-state index in [1.807, 2.05) is 36.4 Å². The van der Waals surface area contributed by atoms with Crippen LogP contribution in [0, 0.1) is 0 Å². The Hall–Kier alpha value is -2.56. The van der Waals surface area contributed by atoms with Gasteiger partial charge in [-0.25, -0.2) is 9.78 Å². The van der Waals surface area contributed by atoms with E-state index in [0.717, 1.165) is 11.3 Å². The maximum Gasteiger partial charge on any atom is 0.327 e. The molecule has 1 aromatic carbocycles. The SMILES string of the molecule is O=c1[nH]c2cccnc2n1CCOc1ccccc1. The van der Waals surface area contributed by atoms with Crippen LogP contribution in [-0.4, -0.2) is 21.1 Å². The van der Waals surface area contributed by atoms with Crippen LogP contribution in [0.1, 0.15) is 0 Å². The minimum atomic E-state index is -0.162. The van der Waals surface area contributed by atoms with Gasteiger partial charge in [0.25, 0.3) is 0 Å². The van der Waals surface area contributed by atoms with Gasteiger partial charge in [0.15, 0.2) is 5.65 Å². The van der Waals surface area contributed by atoms with E-state index in [2.05, 4.69) is 9.97 Å². The molecule has 0 aliphatic rings. The van der Waals surface area contributed by atoms with E-state index in [0.29, 0.717) is 18.8 Å². The Kier molecular flexibility index (Phi) is 3.02. The molecule has 3 rings (SSSR count). The zero-order valence-electron chi connectivity index (χ0n) is 10.2. The van der Waals surface area contributed by atoms with Crippen LogP contribution in [0.25, 0.3) is 11.2 Å². The number of rotatable bonds is 4. The number of nitrogens with one attached hydrogen (secondary N) is 1. The summed E-state index contributed by atoms with van der Waals surface area (Å²) in [6.07, 6.45) is 1.67. The highest BCUT2D eigenvalue weighted by molar-refractivity contribution is 5.69. The Balaban J connectivity index is 1.75. The predicted molar refractivity (Wildman–Crippen MR) is 72.3 cm³/mol. The first-order chi connectivity index (χ1) is 9.34. The zero-order chi connectivity index (χ0) is 13.1. The van der Waals surface area contributed by atoms with Gasteiger partial charge in [-0.3, -0.25) is 4.57 Å². The van der Waals surface area contributed by atoms with Gasteiger partial charge in [-0.15, -0.1) is 0 Å². The van der Waals surface area contributed by atoms with Crippen molar-refractivity contribution in [2.75, 3.05) is 6.61 Å². The fourth-order valence-corrected chi connectivity index (χ4v) is 1.97. The van der Waals surface area contributed by atoms with Gasteiger partial charge < -0.3 is 9.72 Å². The van der Waals surface area contributed by atoms with Crippen molar-refractivity contribution in [3.05, 3.63) is 59.1 Å². The number of nitrogens with zero attached hydrogens (tertiary/aromatic N) is 2. The number of hydrogen-bond donors (Lipinski definition) is 1. The second kappa shape index (κ2) is 4.97. The van der Waals surface area contributed by atoms with Crippen molar-refractivity contribution < 1.29 is 4.74 Å². The molecule has 0 saturated heterocycles. The normalized spacial score (nSPS) is 10.7. The van der Waals surface area contributed by atoms with Crippen LogP contribution in [0.2, 0.25) is 0 Å². The third-order valence-electron chi connectivity index (χ3n) is 2.86. The molecule has 5 heteroatoms. The molecule has 0 saturated carbocycles. The molecule has 2 aromatic heterocycles. The average molecular weight is 255 g/mol. The number of pyridine rings is 1. The number of imidazole rings is 1. The van der Waals surface area contributed by atoms with Gasteiger partial charge in [-0.05, 0) is 24.3 Å². The van der Waals surface area contributed by atoms with E-state index >= 15 is 0 Å². The third-order valence-corrected chi connectivity index (χ3v) is 2.86. The highest BCUT2D eigenvalue weighted by atomic mass is 16.5. The Labute approximate surface area is 109 Å². The topological polar surface area (TPSA) is 59.9 Å². The van der Waals surface area contributed by atoms with Crippen LogP contribution < -0.4 is 10.4 Å². The van der Waals surface area contributed by atoms with Gasteiger partial charge in [-0.1, -0.05) is 18.2 Å². The summed E-state index contributed by atoms with van der Waals surface area (Å²) in [7, 11) is 0. The maximum absolute atomic E-state index is 11.8. The van der Waals surface area contributed by atoms with Gasteiger partial charge in [0.05, 0.1) is 12.1 Å². The molecule has 1 N–H and O–H groups in total. The molecule has 19 heavy (non-hydrogen) atoms. The van der Waals surface area contributed by atoms with E-state index in [-0.39, 0.29) is 5.69 Å². The second-order valence-corrected chi connectivity index (χ2v) is 4.12. The molecule has 5 nitrogen and oxygen atoms in total. The molecule has 0 unspecified atom stereocenters. The molecule has 3 aromatic rings. The summed E-state index contributed by atoms with van der Waals surface area (Å²) in [5.41, 5.74) is 1.24. The van der Waals surface area contributed by atoms with E-state index in [1.165, 1.54) is 0 Å². The van der Waals surface area contributed by atoms with Gasteiger partial charge in [0.1, 0.15) is 12.4 Å². The summed E-state index contributed by atoms with van der Waals surface area (Å²) < 4.78 is 7.16. The summed E-state index contributed by atoms with van der Waals surface area (Å²) in [5, 5.41) is 0. The Bertz CT molecular complexity index is 731. The van der Waals surface area contributed by atoms with Crippen molar-refractivity contribution in [1.29, 1.82) is 0 Å². The lowest BCUT2D eigenvalue weighted by atomic mass is 10.3. The van der Waals surface area contributed by atoms with E-state index in [1.54, 1.807) is 16.8 Å². The van der Waals surface area contributed by atoms with Crippen molar-refractivity contribution in [3.63, 3.8) is 0 Å². The van der Waals surface area contributed by atoms with Crippen molar-refractivity contribution in [2.24, 2.45) is 0 Å². The summed E-state index contributed by atoms with van der Waals surface area (Å²) in [6.45, 7) is 0.887. The first-order valence-electron chi connectivity index (χ1n) is 6.06. The van der Waals surface area contributed by atoms with Gasteiger partial charge in [0.2, 0.25) is 0 Å². The number of hydrogen-bond acceptors (Lipinski definition) is 3. The number of benzene rings is 1. The third kappa shape index (κ3) is 2.35. The van der Waals surface area contributed by atoms with Crippen molar-refractivity contribution in [3.8, 4) is 5.75 Å². The van der Waals surface area contributed by atoms with Crippen LogP contribution in [0.15, 0.2) is 53.5 Å². The minimum absolute atomic E-state index is 0.162. The lowest BCUT2D eigenvalue weighted by molar-refractivity contribution is 0.298. The molecule has 0 fully saturated rings. The lowest BCUT2D eigenvalue weighted by Crippen LogP contribution is -2.20. The maximum atomic E-state index is 11.8. The van der Waals surface area contributed by atoms with Gasteiger partial charge in [-0.2, -0.15) is 0 Å². The van der Waals surface area contributed by atoms with Crippen molar-refractivity contribution >= 4 is 11.2 Å².